The molecule has 0 spiro atoms. The maximum atomic E-state index is 12.6. The summed E-state index contributed by atoms with van der Waals surface area (Å²) < 4.78 is 5.14. The Balaban J connectivity index is 1.37. The van der Waals surface area contributed by atoms with E-state index in [9.17, 15) is 9.59 Å². The summed E-state index contributed by atoms with van der Waals surface area (Å²) in [5, 5.41) is 12.3. The van der Waals surface area contributed by atoms with Crippen molar-refractivity contribution in [3.8, 4) is 5.75 Å². The zero-order valence-corrected chi connectivity index (χ0v) is 16.7. The highest BCUT2D eigenvalue weighted by Gasteiger charge is 2.35. The Morgan fingerprint density at radius 2 is 1.93 bits per heavy atom. The molecule has 1 aliphatic heterocycles. The van der Waals surface area contributed by atoms with Gasteiger partial charge in [-0.25, -0.2) is 0 Å². The largest absolute Gasteiger partial charge is 0.497 e. The first kappa shape index (κ1) is 19.1. The van der Waals surface area contributed by atoms with Crippen molar-refractivity contribution in [3.05, 3.63) is 65.2 Å². The molecule has 3 aromatic rings. The molecule has 1 saturated heterocycles. The maximum Gasteiger partial charge on any atom is 0.231 e. The van der Waals surface area contributed by atoms with Crippen molar-refractivity contribution in [2.24, 2.45) is 5.92 Å². The highest BCUT2D eigenvalue weighted by atomic mass is 32.1. The molecular weight excluding hydrogens is 388 g/mol. The topological polar surface area (TPSA) is 84.4 Å². The molecule has 2 heterocycles. The predicted octanol–water partition coefficient (Wildman–Crippen LogP) is 3.13. The van der Waals surface area contributed by atoms with E-state index in [1.54, 1.807) is 24.1 Å². The number of rotatable bonds is 6. The van der Waals surface area contributed by atoms with Gasteiger partial charge in [0.2, 0.25) is 16.9 Å². The summed E-state index contributed by atoms with van der Waals surface area (Å²) in [6.07, 6.45) is 0.842. The third-order valence-corrected chi connectivity index (χ3v) is 5.61. The number of hydrogen-bond donors (Lipinski definition) is 1. The molecule has 2 aromatic carbocycles. The van der Waals surface area contributed by atoms with Gasteiger partial charge in [0, 0.05) is 25.1 Å². The first-order valence-electron chi connectivity index (χ1n) is 9.24. The van der Waals surface area contributed by atoms with Crippen molar-refractivity contribution in [1.82, 2.24) is 10.2 Å². The number of aromatic nitrogens is 2. The van der Waals surface area contributed by atoms with E-state index in [0.717, 1.165) is 22.0 Å². The van der Waals surface area contributed by atoms with Crippen LogP contribution in [0.2, 0.25) is 0 Å². The highest BCUT2D eigenvalue weighted by Crippen LogP contribution is 2.28. The fraction of sp³-hybridized carbons (Fsp3) is 0.238. The van der Waals surface area contributed by atoms with Crippen LogP contribution in [0.4, 0.5) is 10.8 Å². The molecule has 4 rings (SSSR count). The fourth-order valence-corrected chi connectivity index (χ4v) is 4.03. The Labute approximate surface area is 172 Å². The number of benzene rings is 2. The Morgan fingerprint density at radius 1 is 1.17 bits per heavy atom. The average molecular weight is 408 g/mol. The second-order valence-electron chi connectivity index (χ2n) is 6.76. The van der Waals surface area contributed by atoms with Crippen molar-refractivity contribution in [3.63, 3.8) is 0 Å². The second-order valence-corrected chi connectivity index (χ2v) is 7.82. The van der Waals surface area contributed by atoms with E-state index in [1.165, 1.54) is 11.3 Å². The summed E-state index contributed by atoms with van der Waals surface area (Å²) in [5.74, 6) is 0.0115. The number of carbonyl (C=O) groups is 2. The highest BCUT2D eigenvalue weighted by molar-refractivity contribution is 7.15. The first-order chi connectivity index (χ1) is 14.1. The van der Waals surface area contributed by atoms with Crippen LogP contribution in [0.25, 0.3) is 0 Å². The normalized spacial score (nSPS) is 16.1. The van der Waals surface area contributed by atoms with Crippen LogP contribution in [0.1, 0.15) is 17.0 Å². The molecule has 0 aliphatic carbocycles. The molecule has 29 heavy (non-hydrogen) atoms. The molecule has 0 bridgehead atoms. The van der Waals surface area contributed by atoms with Crippen LogP contribution < -0.4 is 15.0 Å². The van der Waals surface area contributed by atoms with Crippen LogP contribution in [0, 0.1) is 5.92 Å². The van der Waals surface area contributed by atoms with Crippen LogP contribution in [-0.2, 0) is 16.0 Å². The Kier molecular flexibility index (Phi) is 5.53. The lowest BCUT2D eigenvalue weighted by Gasteiger charge is -2.16. The van der Waals surface area contributed by atoms with Gasteiger partial charge in [-0.15, -0.1) is 10.2 Å². The SMILES string of the molecule is COc1ccc(N2C[C@H](C(=O)Nc3nnc(Cc4ccccc4)s3)CC2=O)cc1. The van der Waals surface area contributed by atoms with E-state index in [2.05, 4.69) is 15.5 Å². The van der Waals surface area contributed by atoms with Crippen molar-refractivity contribution in [2.75, 3.05) is 23.9 Å². The van der Waals surface area contributed by atoms with Crippen molar-refractivity contribution < 1.29 is 14.3 Å². The van der Waals surface area contributed by atoms with Gasteiger partial charge in [0.25, 0.3) is 0 Å². The fourth-order valence-electron chi connectivity index (χ4n) is 3.25. The lowest BCUT2D eigenvalue weighted by molar-refractivity contribution is -0.122. The van der Waals surface area contributed by atoms with E-state index in [-0.39, 0.29) is 18.2 Å². The third-order valence-electron chi connectivity index (χ3n) is 4.78. The molecular formula is C21H20N4O3S. The molecule has 1 aromatic heterocycles. The van der Waals surface area contributed by atoms with Gasteiger partial charge in [-0.3, -0.25) is 9.59 Å². The molecule has 1 atom stereocenters. The third kappa shape index (κ3) is 4.43. The summed E-state index contributed by atoms with van der Waals surface area (Å²) >= 11 is 1.35. The molecule has 1 fully saturated rings. The lowest BCUT2D eigenvalue weighted by atomic mass is 10.1. The Hall–Kier alpha value is -3.26. The molecule has 8 heteroatoms. The standard InChI is InChI=1S/C21H20N4O3S/c1-28-17-9-7-16(8-10-17)25-13-15(12-19(25)26)20(27)22-21-24-23-18(29-21)11-14-5-3-2-4-6-14/h2-10,15H,11-13H2,1H3,(H,22,24,27)/t15-/m1/s1. The maximum absolute atomic E-state index is 12.6. The van der Waals surface area contributed by atoms with Gasteiger partial charge in [-0.05, 0) is 29.8 Å². The molecule has 0 unspecified atom stereocenters. The van der Waals surface area contributed by atoms with Gasteiger partial charge >= 0.3 is 0 Å². The van der Waals surface area contributed by atoms with E-state index < -0.39 is 5.92 Å². The van der Waals surface area contributed by atoms with Gasteiger partial charge in [0.05, 0.1) is 13.0 Å². The zero-order valence-electron chi connectivity index (χ0n) is 15.9. The minimum Gasteiger partial charge on any atom is -0.497 e. The van der Waals surface area contributed by atoms with Crippen LogP contribution >= 0.6 is 11.3 Å². The van der Waals surface area contributed by atoms with E-state index in [4.69, 9.17) is 4.74 Å². The summed E-state index contributed by atoms with van der Waals surface area (Å²) in [6.45, 7) is 0.340. The summed E-state index contributed by atoms with van der Waals surface area (Å²) in [4.78, 5) is 26.7. The van der Waals surface area contributed by atoms with Crippen LogP contribution in [-0.4, -0.2) is 35.7 Å². The van der Waals surface area contributed by atoms with E-state index in [1.807, 2.05) is 42.5 Å². The van der Waals surface area contributed by atoms with Gasteiger partial charge in [0.15, 0.2) is 0 Å². The number of hydrogen-bond acceptors (Lipinski definition) is 6. The zero-order chi connectivity index (χ0) is 20.2. The summed E-state index contributed by atoms with van der Waals surface area (Å²) in [7, 11) is 1.59. The van der Waals surface area contributed by atoms with Crippen LogP contribution in [0.3, 0.4) is 0 Å². The second kappa shape index (κ2) is 8.40. The number of amides is 2. The quantitative estimate of drug-likeness (QED) is 0.677. The molecule has 0 saturated carbocycles. The predicted molar refractivity (Wildman–Crippen MR) is 111 cm³/mol. The van der Waals surface area contributed by atoms with Gasteiger partial charge in [0.1, 0.15) is 10.8 Å². The van der Waals surface area contributed by atoms with Crippen molar-refractivity contribution in [2.45, 2.75) is 12.8 Å². The minimum absolute atomic E-state index is 0.0719. The Morgan fingerprint density at radius 3 is 2.66 bits per heavy atom. The minimum atomic E-state index is -0.425. The van der Waals surface area contributed by atoms with Crippen LogP contribution in [0.5, 0.6) is 5.75 Å². The average Bonchev–Trinajstić information content (AvgIpc) is 3.35. The monoisotopic (exact) mass is 408 g/mol. The first-order valence-corrected chi connectivity index (χ1v) is 10.1. The van der Waals surface area contributed by atoms with E-state index >= 15 is 0 Å². The lowest BCUT2D eigenvalue weighted by Crippen LogP contribution is -2.28. The molecule has 1 N–H and O–H groups in total. The number of methoxy groups -OCH3 is 1. The Bertz CT molecular complexity index is 1000. The molecule has 2 amide bonds. The molecule has 1 aliphatic rings. The number of anilines is 2. The van der Waals surface area contributed by atoms with Crippen LogP contribution in [0.15, 0.2) is 54.6 Å². The smallest absolute Gasteiger partial charge is 0.231 e. The number of carbonyl (C=O) groups excluding carboxylic acids is 2. The number of nitrogens with one attached hydrogen (secondary N) is 1. The van der Waals surface area contributed by atoms with Crippen molar-refractivity contribution in [1.29, 1.82) is 0 Å². The number of nitrogens with zero attached hydrogens (tertiary/aromatic N) is 3. The summed E-state index contributed by atoms with van der Waals surface area (Å²) in [6, 6.07) is 17.2. The van der Waals surface area contributed by atoms with Gasteiger partial charge < -0.3 is 15.0 Å². The van der Waals surface area contributed by atoms with E-state index in [0.29, 0.717) is 18.1 Å². The molecule has 7 nitrogen and oxygen atoms in total. The molecule has 0 radical (unpaired) electrons. The molecule has 148 valence electrons. The van der Waals surface area contributed by atoms with Crippen molar-refractivity contribution >= 4 is 34.0 Å². The van der Waals surface area contributed by atoms with Gasteiger partial charge in [-0.2, -0.15) is 0 Å². The van der Waals surface area contributed by atoms with Gasteiger partial charge in [-0.1, -0.05) is 41.7 Å². The number of ether oxygens (including phenoxy) is 1. The summed E-state index contributed by atoms with van der Waals surface area (Å²) in [5.41, 5.74) is 1.89.